The van der Waals surface area contributed by atoms with Crippen molar-refractivity contribution in [2.45, 2.75) is 45.4 Å². The Morgan fingerprint density at radius 2 is 1.74 bits per heavy atom. The van der Waals surface area contributed by atoms with Crippen LogP contribution in [0.2, 0.25) is 0 Å². The lowest BCUT2D eigenvalue weighted by Gasteiger charge is -2.19. The monoisotopic (exact) mass is 422 g/mol. The van der Waals surface area contributed by atoms with Crippen LogP contribution < -0.4 is 5.32 Å². The van der Waals surface area contributed by atoms with Crippen molar-refractivity contribution < 1.29 is 23.9 Å². The van der Waals surface area contributed by atoms with E-state index in [0.717, 1.165) is 16.5 Å². The maximum absolute atomic E-state index is 12.7. The van der Waals surface area contributed by atoms with Gasteiger partial charge in [-0.25, -0.2) is 9.59 Å². The fraction of sp³-hybridized carbons (Fsp3) is 0.292. The van der Waals surface area contributed by atoms with E-state index in [2.05, 4.69) is 5.32 Å². The van der Waals surface area contributed by atoms with Crippen LogP contribution in [0.1, 0.15) is 31.9 Å². The summed E-state index contributed by atoms with van der Waals surface area (Å²) in [4.78, 5) is 36.4. The maximum atomic E-state index is 12.7. The Morgan fingerprint density at radius 3 is 2.42 bits per heavy atom. The van der Waals surface area contributed by atoms with E-state index in [9.17, 15) is 14.4 Å². The highest BCUT2D eigenvalue weighted by atomic mass is 16.6. The molecule has 3 rings (SSSR count). The molecule has 0 fully saturated rings. The number of carbonyl (C=O) groups is 3. The summed E-state index contributed by atoms with van der Waals surface area (Å²) < 4.78 is 12.3. The number of aromatic nitrogens is 1. The smallest absolute Gasteiger partial charge is 0.419 e. The molecule has 1 N–H and O–H groups in total. The zero-order valence-corrected chi connectivity index (χ0v) is 17.8. The number of hydrogen-bond acceptors (Lipinski definition) is 5. The van der Waals surface area contributed by atoms with Crippen LogP contribution in [0.15, 0.2) is 60.8 Å². The summed E-state index contributed by atoms with van der Waals surface area (Å²) in [5.74, 6) is -0.551. The number of ether oxygens (including phenoxy) is 2. The van der Waals surface area contributed by atoms with Gasteiger partial charge in [0.25, 0.3) is 0 Å². The third-order valence-corrected chi connectivity index (χ3v) is 4.59. The molecule has 1 heterocycles. The molecule has 31 heavy (non-hydrogen) atoms. The Balaban J connectivity index is 1.83. The topological polar surface area (TPSA) is 86.6 Å². The number of rotatable bonds is 7. The summed E-state index contributed by atoms with van der Waals surface area (Å²) in [6.07, 6.45) is 1.77. The van der Waals surface area contributed by atoms with Crippen LogP contribution in [0.25, 0.3) is 10.9 Å². The van der Waals surface area contributed by atoms with E-state index < -0.39 is 23.7 Å². The average Bonchev–Trinajstić information content (AvgIpc) is 3.10. The third-order valence-electron chi connectivity index (χ3n) is 4.59. The van der Waals surface area contributed by atoms with Gasteiger partial charge in [-0.1, -0.05) is 48.5 Å². The number of para-hydroxylation sites is 1. The second-order valence-electron chi connectivity index (χ2n) is 8.16. The zero-order chi connectivity index (χ0) is 22.4. The number of amides is 1. The van der Waals surface area contributed by atoms with Crippen LogP contribution in [0.4, 0.5) is 4.79 Å². The SMILES string of the molecule is CC(C)(C)OC(=O)n1cc(CC(NC=O)C(=O)OCc2ccccc2)c2ccccc21. The molecule has 0 saturated carbocycles. The number of nitrogens with zero attached hydrogens (tertiary/aromatic N) is 1. The first-order chi connectivity index (χ1) is 14.8. The molecule has 7 heteroatoms. The Labute approximate surface area is 181 Å². The van der Waals surface area contributed by atoms with Crippen LogP contribution in [0, 0.1) is 0 Å². The minimum atomic E-state index is -0.890. The van der Waals surface area contributed by atoms with Crippen molar-refractivity contribution in [2.75, 3.05) is 0 Å². The molecule has 0 radical (unpaired) electrons. The molecular formula is C24H26N2O5. The van der Waals surface area contributed by atoms with E-state index >= 15 is 0 Å². The fourth-order valence-electron chi connectivity index (χ4n) is 3.22. The van der Waals surface area contributed by atoms with Gasteiger partial charge in [0, 0.05) is 18.0 Å². The molecule has 162 valence electrons. The third kappa shape index (κ3) is 5.72. The second-order valence-corrected chi connectivity index (χ2v) is 8.16. The Morgan fingerprint density at radius 1 is 1.06 bits per heavy atom. The van der Waals surface area contributed by atoms with Gasteiger partial charge >= 0.3 is 12.1 Å². The minimum absolute atomic E-state index is 0.108. The molecule has 0 saturated heterocycles. The fourth-order valence-corrected chi connectivity index (χ4v) is 3.22. The van der Waals surface area contributed by atoms with Gasteiger partial charge in [-0.3, -0.25) is 9.36 Å². The number of carbonyl (C=O) groups excluding carboxylic acids is 3. The van der Waals surface area contributed by atoms with E-state index in [-0.39, 0.29) is 13.0 Å². The van der Waals surface area contributed by atoms with Crippen LogP contribution in [-0.2, 0) is 32.1 Å². The molecule has 2 aromatic carbocycles. The van der Waals surface area contributed by atoms with Gasteiger partial charge in [0.2, 0.25) is 6.41 Å². The first kappa shape index (κ1) is 22.1. The van der Waals surface area contributed by atoms with Crippen LogP contribution in [0.3, 0.4) is 0 Å². The van der Waals surface area contributed by atoms with Crippen molar-refractivity contribution in [3.05, 3.63) is 71.9 Å². The van der Waals surface area contributed by atoms with E-state index in [1.807, 2.05) is 48.5 Å². The summed E-state index contributed by atoms with van der Waals surface area (Å²) in [6, 6.07) is 15.7. The number of hydrogen-bond donors (Lipinski definition) is 1. The summed E-state index contributed by atoms with van der Waals surface area (Å²) in [7, 11) is 0. The van der Waals surface area contributed by atoms with E-state index in [1.54, 1.807) is 33.0 Å². The highest BCUT2D eigenvalue weighted by Crippen LogP contribution is 2.24. The molecule has 0 aliphatic heterocycles. The second kappa shape index (κ2) is 9.47. The van der Waals surface area contributed by atoms with Crippen molar-refractivity contribution in [1.29, 1.82) is 0 Å². The summed E-state index contributed by atoms with van der Waals surface area (Å²) in [6.45, 7) is 5.50. The van der Waals surface area contributed by atoms with Gasteiger partial charge in [-0.2, -0.15) is 0 Å². The lowest BCUT2D eigenvalue weighted by Crippen LogP contribution is -2.39. The molecule has 0 bridgehead atoms. The van der Waals surface area contributed by atoms with E-state index in [1.165, 1.54) is 4.57 Å². The van der Waals surface area contributed by atoms with Crippen molar-refractivity contribution in [2.24, 2.45) is 0 Å². The van der Waals surface area contributed by atoms with Crippen LogP contribution >= 0.6 is 0 Å². The maximum Gasteiger partial charge on any atom is 0.419 e. The molecule has 7 nitrogen and oxygen atoms in total. The van der Waals surface area contributed by atoms with Gasteiger partial charge in [0.15, 0.2) is 0 Å². The van der Waals surface area contributed by atoms with Crippen molar-refractivity contribution in [3.63, 3.8) is 0 Å². The van der Waals surface area contributed by atoms with Gasteiger partial charge in [-0.15, -0.1) is 0 Å². The molecule has 0 aliphatic carbocycles. The van der Waals surface area contributed by atoms with E-state index in [4.69, 9.17) is 9.47 Å². The van der Waals surface area contributed by atoms with Gasteiger partial charge in [0.05, 0.1) is 5.52 Å². The summed E-state index contributed by atoms with van der Waals surface area (Å²) >= 11 is 0. The predicted octanol–water partition coefficient (Wildman–Crippen LogP) is 3.83. The Bertz CT molecular complexity index is 1070. The molecule has 1 atom stereocenters. The Hall–Kier alpha value is -3.61. The molecular weight excluding hydrogens is 396 g/mol. The van der Waals surface area contributed by atoms with Gasteiger partial charge in [0.1, 0.15) is 18.2 Å². The number of nitrogens with one attached hydrogen (secondary N) is 1. The number of esters is 1. The number of benzene rings is 2. The minimum Gasteiger partial charge on any atom is -0.459 e. The lowest BCUT2D eigenvalue weighted by molar-refractivity contribution is -0.148. The highest BCUT2D eigenvalue weighted by Gasteiger charge is 2.25. The van der Waals surface area contributed by atoms with Crippen molar-refractivity contribution >= 4 is 29.4 Å². The normalized spacial score (nSPS) is 12.2. The predicted molar refractivity (Wildman–Crippen MR) is 116 cm³/mol. The highest BCUT2D eigenvalue weighted by molar-refractivity contribution is 5.92. The first-order valence-corrected chi connectivity index (χ1v) is 10.0. The molecule has 3 aromatic rings. The summed E-state index contributed by atoms with van der Waals surface area (Å²) in [5, 5.41) is 3.32. The first-order valence-electron chi connectivity index (χ1n) is 10.0. The molecule has 0 spiro atoms. The molecule has 1 unspecified atom stereocenters. The van der Waals surface area contributed by atoms with E-state index in [0.29, 0.717) is 11.9 Å². The van der Waals surface area contributed by atoms with Crippen molar-refractivity contribution in [1.82, 2.24) is 9.88 Å². The lowest BCUT2D eigenvalue weighted by atomic mass is 10.1. The average molecular weight is 422 g/mol. The largest absolute Gasteiger partial charge is 0.459 e. The Kier molecular flexibility index (Phi) is 6.74. The summed E-state index contributed by atoms with van der Waals surface area (Å²) in [5.41, 5.74) is 1.58. The standard InChI is InChI=1S/C24H26N2O5/c1-24(2,3)31-23(29)26-14-18(19-11-7-8-12-21(19)26)13-20(25-16-27)22(28)30-15-17-9-5-4-6-10-17/h4-12,14,16,20H,13,15H2,1-3H3,(H,25,27). The van der Waals surface area contributed by atoms with Gasteiger partial charge in [-0.05, 0) is 38.0 Å². The van der Waals surface area contributed by atoms with Gasteiger partial charge < -0.3 is 14.8 Å². The van der Waals surface area contributed by atoms with Crippen LogP contribution in [0.5, 0.6) is 0 Å². The molecule has 1 aromatic heterocycles. The van der Waals surface area contributed by atoms with Crippen molar-refractivity contribution in [3.8, 4) is 0 Å². The zero-order valence-electron chi connectivity index (χ0n) is 17.8. The van der Waals surface area contributed by atoms with Crippen LogP contribution in [-0.4, -0.2) is 34.7 Å². The molecule has 1 amide bonds. The molecule has 0 aliphatic rings. The quantitative estimate of drug-likeness (QED) is 0.462. The number of fused-ring (bicyclic) bond motifs is 1.